The largest absolute Gasteiger partial charge is 0.465 e. The van der Waals surface area contributed by atoms with Crippen LogP contribution in [0.4, 0.5) is 0 Å². The van der Waals surface area contributed by atoms with Gasteiger partial charge in [-0.1, -0.05) is 42.1 Å². The fraction of sp³-hybridized carbons (Fsp3) is 0.385. The summed E-state index contributed by atoms with van der Waals surface area (Å²) in [4.78, 5) is 12.1. The van der Waals surface area contributed by atoms with Crippen molar-refractivity contribution in [1.82, 2.24) is 5.43 Å². The van der Waals surface area contributed by atoms with E-state index in [1.54, 1.807) is 13.2 Å². The quantitative estimate of drug-likeness (QED) is 0.860. The molecule has 1 unspecified atom stereocenters. The van der Waals surface area contributed by atoms with Crippen LogP contribution in [0.3, 0.4) is 0 Å². The minimum absolute atomic E-state index is 0.285. The maximum absolute atomic E-state index is 12.1. The number of carbonyl (C=O) groups is 1. The van der Waals surface area contributed by atoms with E-state index in [0.29, 0.717) is 11.0 Å². The normalized spacial score (nSPS) is 23.4. The monoisotopic (exact) mass is 312 g/mol. The standard InChI is InChI=1S/C13H16N2O3S2/c1-3-18-12(16)11-10(9-7-5-4-6-8-9)14-15-13(19-11)20(2)17/h4-8,10-11,14H,3H2,1-2H3/t10-,11+,20?/m0/s1. The van der Waals surface area contributed by atoms with E-state index >= 15 is 0 Å². The third-order valence-electron chi connectivity index (χ3n) is 2.75. The van der Waals surface area contributed by atoms with Gasteiger partial charge in [-0.3, -0.25) is 14.4 Å². The van der Waals surface area contributed by atoms with Crippen LogP contribution in [0.2, 0.25) is 0 Å². The molecule has 1 aromatic carbocycles. The number of thioether (sulfide) groups is 1. The van der Waals surface area contributed by atoms with Crippen LogP contribution in [0.5, 0.6) is 0 Å². The second-order valence-electron chi connectivity index (χ2n) is 4.14. The van der Waals surface area contributed by atoms with Crippen molar-refractivity contribution in [2.75, 3.05) is 12.9 Å². The van der Waals surface area contributed by atoms with Gasteiger partial charge < -0.3 is 4.74 Å². The summed E-state index contributed by atoms with van der Waals surface area (Å²) in [5, 5.41) is 3.61. The average molecular weight is 312 g/mol. The third-order valence-corrected chi connectivity index (χ3v) is 5.34. The number of nitrogens with zero attached hydrogens (tertiary/aromatic N) is 1. The zero-order valence-corrected chi connectivity index (χ0v) is 12.9. The maximum Gasteiger partial charge on any atom is 0.322 e. The Morgan fingerprint density at radius 1 is 1.45 bits per heavy atom. The molecule has 1 aromatic rings. The minimum Gasteiger partial charge on any atom is -0.465 e. The molecule has 1 N–H and O–H groups in total. The van der Waals surface area contributed by atoms with Crippen LogP contribution < -0.4 is 5.43 Å². The van der Waals surface area contributed by atoms with Gasteiger partial charge in [0.05, 0.1) is 23.4 Å². The van der Waals surface area contributed by atoms with Gasteiger partial charge in [-0.05, 0) is 12.5 Å². The minimum atomic E-state index is -1.22. The summed E-state index contributed by atoms with van der Waals surface area (Å²) in [6.45, 7) is 2.09. The molecule has 5 nitrogen and oxygen atoms in total. The number of rotatable bonds is 3. The first-order valence-corrected chi connectivity index (χ1v) is 8.62. The summed E-state index contributed by atoms with van der Waals surface area (Å²) >= 11 is 1.20. The van der Waals surface area contributed by atoms with Crippen LogP contribution in [-0.4, -0.2) is 32.7 Å². The van der Waals surface area contributed by atoms with Gasteiger partial charge in [-0.15, -0.1) is 0 Å². The van der Waals surface area contributed by atoms with E-state index in [9.17, 15) is 9.00 Å². The summed E-state index contributed by atoms with van der Waals surface area (Å²) in [6.07, 6.45) is 1.54. The lowest BCUT2D eigenvalue weighted by Gasteiger charge is -2.29. The third kappa shape index (κ3) is 3.40. The van der Waals surface area contributed by atoms with Crippen LogP contribution >= 0.6 is 11.8 Å². The van der Waals surface area contributed by atoms with Gasteiger partial charge in [-0.2, -0.15) is 5.10 Å². The molecule has 0 aromatic heterocycles. The Morgan fingerprint density at radius 3 is 2.75 bits per heavy atom. The number of hydrogen-bond donors (Lipinski definition) is 1. The van der Waals surface area contributed by atoms with Gasteiger partial charge >= 0.3 is 5.97 Å². The van der Waals surface area contributed by atoms with Gasteiger partial charge in [0.1, 0.15) is 5.25 Å². The van der Waals surface area contributed by atoms with Crippen molar-refractivity contribution in [3.05, 3.63) is 35.9 Å². The van der Waals surface area contributed by atoms with E-state index < -0.39 is 16.0 Å². The zero-order valence-electron chi connectivity index (χ0n) is 11.2. The Balaban J connectivity index is 2.28. The van der Waals surface area contributed by atoms with E-state index in [2.05, 4.69) is 10.5 Å². The van der Waals surface area contributed by atoms with E-state index in [1.165, 1.54) is 11.8 Å². The fourth-order valence-corrected chi connectivity index (χ4v) is 3.72. The van der Waals surface area contributed by atoms with Crippen LogP contribution in [0.15, 0.2) is 35.4 Å². The van der Waals surface area contributed by atoms with Crippen LogP contribution in [-0.2, 0) is 20.3 Å². The number of hydrazone groups is 1. The molecule has 0 aliphatic carbocycles. The summed E-state index contributed by atoms with van der Waals surface area (Å²) in [7, 11) is -1.22. The van der Waals surface area contributed by atoms with Gasteiger partial charge in [0.2, 0.25) is 0 Å². The number of esters is 1. The average Bonchev–Trinajstić information content (AvgIpc) is 2.47. The zero-order chi connectivity index (χ0) is 14.5. The van der Waals surface area contributed by atoms with Gasteiger partial charge in [0.25, 0.3) is 0 Å². The SMILES string of the molecule is CCOC(=O)[C@@H]1SC(S(C)=O)=NN[C@H]1c1ccccc1. The number of carbonyl (C=O) groups excluding carboxylic acids is 1. The first-order chi connectivity index (χ1) is 9.63. The Bertz CT molecular complexity index is 534. The molecule has 2 rings (SSSR count). The van der Waals surface area contributed by atoms with Gasteiger partial charge in [0.15, 0.2) is 4.38 Å². The molecule has 1 heterocycles. The lowest BCUT2D eigenvalue weighted by atomic mass is 10.0. The van der Waals surface area contributed by atoms with Crippen molar-refractivity contribution in [1.29, 1.82) is 0 Å². The molecule has 0 amide bonds. The van der Waals surface area contributed by atoms with Crippen molar-refractivity contribution >= 4 is 32.9 Å². The summed E-state index contributed by atoms with van der Waals surface area (Å²) in [5.74, 6) is -0.322. The molecule has 0 radical (unpaired) electrons. The molecular weight excluding hydrogens is 296 g/mol. The maximum atomic E-state index is 12.1. The van der Waals surface area contributed by atoms with Crippen LogP contribution in [0.1, 0.15) is 18.5 Å². The van der Waals surface area contributed by atoms with Crippen LogP contribution in [0, 0.1) is 0 Å². The lowest BCUT2D eigenvalue weighted by Crippen LogP contribution is -2.39. The Labute approximate surface area is 124 Å². The molecule has 7 heteroatoms. The topological polar surface area (TPSA) is 67.8 Å². The highest BCUT2D eigenvalue weighted by Crippen LogP contribution is 2.32. The number of ether oxygens (including phenoxy) is 1. The second-order valence-corrected chi connectivity index (χ2v) is 6.82. The number of benzene rings is 1. The second kappa shape index (κ2) is 6.90. The molecule has 0 spiro atoms. The van der Waals surface area contributed by atoms with E-state index in [0.717, 1.165) is 5.56 Å². The predicted molar refractivity (Wildman–Crippen MR) is 81.8 cm³/mol. The number of hydrogen-bond acceptors (Lipinski definition) is 6. The molecule has 108 valence electrons. The first kappa shape index (κ1) is 15.1. The van der Waals surface area contributed by atoms with Crippen molar-refractivity contribution < 1.29 is 13.7 Å². The van der Waals surface area contributed by atoms with Crippen molar-refractivity contribution in [3.63, 3.8) is 0 Å². The lowest BCUT2D eigenvalue weighted by molar-refractivity contribution is -0.143. The van der Waals surface area contributed by atoms with Crippen molar-refractivity contribution in [2.24, 2.45) is 5.10 Å². The van der Waals surface area contributed by atoms with Gasteiger partial charge in [-0.25, -0.2) is 0 Å². The van der Waals surface area contributed by atoms with Crippen molar-refractivity contribution in [2.45, 2.75) is 18.2 Å². The molecule has 1 aliphatic heterocycles. The molecule has 3 atom stereocenters. The predicted octanol–water partition coefficient (Wildman–Crippen LogP) is 1.65. The Morgan fingerprint density at radius 2 is 2.15 bits per heavy atom. The highest BCUT2D eigenvalue weighted by Gasteiger charge is 2.36. The Hall–Kier alpha value is -1.34. The van der Waals surface area contributed by atoms with E-state index in [1.807, 2.05) is 30.3 Å². The molecule has 1 aliphatic rings. The first-order valence-electron chi connectivity index (χ1n) is 6.18. The molecular formula is C13H16N2O3S2. The molecule has 0 saturated heterocycles. The number of nitrogens with one attached hydrogen (secondary N) is 1. The van der Waals surface area contributed by atoms with Crippen molar-refractivity contribution in [3.8, 4) is 0 Å². The van der Waals surface area contributed by atoms with Crippen LogP contribution in [0.25, 0.3) is 0 Å². The van der Waals surface area contributed by atoms with Gasteiger partial charge in [0, 0.05) is 6.26 Å². The molecule has 0 bridgehead atoms. The Kier molecular flexibility index (Phi) is 5.19. The smallest absolute Gasteiger partial charge is 0.322 e. The van der Waals surface area contributed by atoms with E-state index in [4.69, 9.17) is 4.74 Å². The highest BCUT2D eigenvalue weighted by molar-refractivity contribution is 8.33. The molecule has 0 fully saturated rings. The summed E-state index contributed by atoms with van der Waals surface area (Å²) < 4.78 is 17.1. The van der Waals surface area contributed by atoms with E-state index in [-0.39, 0.29) is 12.0 Å². The fourth-order valence-electron chi connectivity index (χ4n) is 1.84. The molecule has 0 saturated carbocycles. The highest BCUT2D eigenvalue weighted by atomic mass is 32.2. The molecule has 20 heavy (non-hydrogen) atoms. The summed E-state index contributed by atoms with van der Waals surface area (Å²) in [5.41, 5.74) is 3.88. The summed E-state index contributed by atoms with van der Waals surface area (Å²) in [6, 6.07) is 9.28.